The van der Waals surface area contributed by atoms with Crippen molar-refractivity contribution in [3.63, 3.8) is 0 Å². The molecule has 2 heterocycles. The lowest BCUT2D eigenvalue weighted by Gasteiger charge is -2.26. The van der Waals surface area contributed by atoms with Crippen LogP contribution in [0.15, 0.2) is 4.90 Å². The van der Waals surface area contributed by atoms with Crippen molar-refractivity contribution < 1.29 is 17.9 Å². The molecule has 1 aromatic heterocycles. The zero-order valence-corrected chi connectivity index (χ0v) is 13.0. The fraction of sp³-hybridized carbons (Fsp3) is 0.636. The zero-order chi connectivity index (χ0) is 15.1. The van der Waals surface area contributed by atoms with Gasteiger partial charge >= 0.3 is 0 Å². The van der Waals surface area contributed by atoms with Gasteiger partial charge in [-0.3, -0.25) is 9.89 Å². The number of H-pyrrole nitrogens is 1. The summed E-state index contributed by atoms with van der Waals surface area (Å²) in [5.41, 5.74) is 0.0616. The topological polar surface area (TPSA) is 92.4 Å². The number of carbonyl (C=O) groups excluding carboxylic acids is 1. The Morgan fingerprint density at radius 2 is 2.20 bits per heavy atom. The molecule has 1 amide bonds. The highest BCUT2D eigenvalue weighted by atomic mass is 35.7. The van der Waals surface area contributed by atoms with E-state index in [-0.39, 0.29) is 28.4 Å². The number of rotatable bonds is 3. The van der Waals surface area contributed by atoms with Crippen molar-refractivity contribution in [1.82, 2.24) is 15.1 Å². The predicted molar refractivity (Wildman–Crippen MR) is 72.3 cm³/mol. The molecule has 2 atom stereocenters. The van der Waals surface area contributed by atoms with Crippen molar-refractivity contribution in [2.75, 3.05) is 13.7 Å². The van der Waals surface area contributed by atoms with Crippen molar-refractivity contribution in [3.05, 3.63) is 11.4 Å². The van der Waals surface area contributed by atoms with Crippen LogP contribution in [0.5, 0.6) is 0 Å². The number of ether oxygens (including phenoxy) is 1. The van der Waals surface area contributed by atoms with E-state index in [0.717, 1.165) is 0 Å². The van der Waals surface area contributed by atoms with Gasteiger partial charge in [0.1, 0.15) is 4.90 Å². The first kappa shape index (κ1) is 15.3. The summed E-state index contributed by atoms with van der Waals surface area (Å²) in [5, 5.41) is 6.27. The number of likely N-dealkylation sites (N-methyl/N-ethyl adjacent to an activating group) is 1. The van der Waals surface area contributed by atoms with E-state index in [2.05, 4.69) is 10.2 Å². The number of amides is 1. The Morgan fingerprint density at radius 1 is 1.55 bits per heavy atom. The molecule has 0 aromatic carbocycles. The molecule has 1 N–H and O–H groups in total. The Hall–Kier alpha value is -1.12. The number of hydrogen-bond acceptors (Lipinski definition) is 5. The Morgan fingerprint density at radius 3 is 2.70 bits per heavy atom. The highest BCUT2D eigenvalue weighted by Crippen LogP contribution is 2.25. The normalized spacial score (nSPS) is 23.0. The van der Waals surface area contributed by atoms with E-state index in [4.69, 9.17) is 15.4 Å². The number of hydrogen-bond donors (Lipinski definition) is 1. The summed E-state index contributed by atoms with van der Waals surface area (Å²) in [6.45, 7) is 3.94. The summed E-state index contributed by atoms with van der Waals surface area (Å²) in [5.74, 6) is -0.490. The van der Waals surface area contributed by atoms with Crippen molar-refractivity contribution in [2.45, 2.75) is 37.3 Å². The van der Waals surface area contributed by atoms with E-state index in [9.17, 15) is 13.2 Å². The summed E-state index contributed by atoms with van der Waals surface area (Å²) in [6.07, 6.45) is 0.607. The van der Waals surface area contributed by atoms with Crippen LogP contribution in [-0.2, 0) is 13.8 Å². The average Bonchev–Trinajstić information content (AvgIpc) is 2.92. The maximum Gasteiger partial charge on any atom is 0.275 e. The predicted octanol–water partition coefficient (Wildman–Crippen LogP) is 0.895. The van der Waals surface area contributed by atoms with Crippen LogP contribution in [-0.4, -0.2) is 55.2 Å². The number of nitrogens with zero attached hydrogens (tertiary/aromatic N) is 2. The number of halogens is 1. The molecular formula is C11H16ClN3O4S. The maximum atomic E-state index is 12.4. The Bertz CT molecular complexity index is 628. The lowest BCUT2D eigenvalue weighted by atomic mass is 10.1. The number of aromatic amines is 1. The summed E-state index contributed by atoms with van der Waals surface area (Å²) >= 11 is 0. The monoisotopic (exact) mass is 321 g/mol. The molecule has 7 nitrogen and oxygen atoms in total. The highest BCUT2D eigenvalue weighted by Gasteiger charge is 2.35. The first-order chi connectivity index (χ1) is 9.23. The van der Waals surface area contributed by atoms with Gasteiger partial charge < -0.3 is 9.64 Å². The molecule has 1 fully saturated rings. The summed E-state index contributed by atoms with van der Waals surface area (Å²) < 4.78 is 28.5. The standard InChI is InChI=1S/C11H16ClN3O4S/c1-6-10(20(12,17)18)9(14-13-6)11(16)15(3)8-4-5-19-7(8)2/h7-8H,4-5H2,1-3H3,(H,13,14). The molecule has 2 unspecified atom stereocenters. The lowest BCUT2D eigenvalue weighted by Crippen LogP contribution is -2.41. The molecule has 1 aromatic rings. The van der Waals surface area contributed by atoms with Crippen molar-refractivity contribution in [1.29, 1.82) is 0 Å². The van der Waals surface area contributed by atoms with Crippen LogP contribution in [0.4, 0.5) is 0 Å². The number of nitrogens with one attached hydrogen (secondary N) is 1. The molecule has 0 spiro atoms. The molecule has 20 heavy (non-hydrogen) atoms. The Labute approximate surface area is 121 Å². The van der Waals surface area contributed by atoms with Crippen LogP contribution in [0.3, 0.4) is 0 Å². The van der Waals surface area contributed by atoms with Gasteiger partial charge in [0.2, 0.25) is 0 Å². The van der Waals surface area contributed by atoms with Gasteiger partial charge in [-0.2, -0.15) is 5.10 Å². The first-order valence-corrected chi connectivity index (χ1v) is 8.42. The van der Waals surface area contributed by atoms with Crippen LogP contribution in [0, 0.1) is 6.92 Å². The summed E-state index contributed by atoms with van der Waals surface area (Å²) in [7, 11) is 2.93. The summed E-state index contributed by atoms with van der Waals surface area (Å²) in [4.78, 5) is 13.6. The van der Waals surface area contributed by atoms with Crippen molar-refractivity contribution in [3.8, 4) is 0 Å². The highest BCUT2D eigenvalue weighted by molar-refractivity contribution is 8.13. The third-order valence-corrected chi connectivity index (χ3v) is 4.94. The average molecular weight is 322 g/mol. The largest absolute Gasteiger partial charge is 0.376 e. The van der Waals surface area contributed by atoms with E-state index in [1.165, 1.54) is 11.8 Å². The smallest absolute Gasteiger partial charge is 0.275 e. The fourth-order valence-corrected chi connectivity index (χ4v) is 3.75. The van der Waals surface area contributed by atoms with E-state index in [1.807, 2.05) is 6.92 Å². The van der Waals surface area contributed by atoms with Crippen molar-refractivity contribution in [2.24, 2.45) is 0 Å². The number of carbonyl (C=O) groups is 1. The van der Waals surface area contributed by atoms with E-state index >= 15 is 0 Å². The molecule has 1 saturated heterocycles. The van der Waals surface area contributed by atoms with E-state index < -0.39 is 15.0 Å². The Balaban J connectivity index is 2.35. The van der Waals surface area contributed by atoms with Gasteiger partial charge in [0.15, 0.2) is 5.69 Å². The Kier molecular flexibility index (Phi) is 4.08. The van der Waals surface area contributed by atoms with Crippen LogP contribution in [0.2, 0.25) is 0 Å². The minimum absolute atomic E-state index is 0.0972. The second-order valence-corrected chi connectivity index (χ2v) is 7.31. The quantitative estimate of drug-likeness (QED) is 0.835. The molecule has 9 heteroatoms. The van der Waals surface area contributed by atoms with Gasteiger partial charge in [0.05, 0.1) is 17.8 Å². The van der Waals surface area contributed by atoms with Crippen LogP contribution >= 0.6 is 10.7 Å². The maximum absolute atomic E-state index is 12.4. The molecule has 0 aliphatic carbocycles. The van der Waals surface area contributed by atoms with E-state index in [0.29, 0.717) is 13.0 Å². The molecule has 0 bridgehead atoms. The van der Waals surface area contributed by atoms with Gasteiger partial charge in [-0.05, 0) is 20.3 Å². The van der Waals surface area contributed by atoms with Gasteiger partial charge in [0, 0.05) is 24.3 Å². The molecule has 0 saturated carbocycles. The van der Waals surface area contributed by atoms with Crippen LogP contribution in [0.25, 0.3) is 0 Å². The third-order valence-electron chi connectivity index (χ3n) is 3.49. The SMILES string of the molecule is Cc1[nH]nc(C(=O)N(C)C2CCOC2C)c1S(=O)(=O)Cl. The molecular weight excluding hydrogens is 306 g/mol. The van der Waals surface area contributed by atoms with Gasteiger partial charge in [-0.25, -0.2) is 8.42 Å². The number of aromatic nitrogens is 2. The first-order valence-electron chi connectivity index (χ1n) is 6.12. The van der Waals surface area contributed by atoms with Crippen LogP contribution < -0.4 is 0 Å². The van der Waals surface area contributed by atoms with Crippen molar-refractivity contribution >= 4 is 25.6 Å². The lowest BCUT2D eigenvalue weighted by molar-refractivity contribution is 0.0567. The minimum Gasteiger partial charge on any atom is -0.376 e. The zero-order valence-electron chi connectivity index (χ0n) is 11.4. The van der Waals surface area contributed by atoms with Crippen LogP contribution in [0.1, 0.15) is 29.5 Å². The fourth-order valence-electron chi connectivity index (χ4n) is 2.41. The minimum atomic E-state index is -4.04. The molecule has 2 rings (SSSR count). The van der Waals surface area contributed by atoms with E-state index in [1.54, 1.807) is 7.05 Å². The van der Waals surface area contributed by atoms with Gasteiger partial charge in [-0.15, -0.1) is 0 Å². The molecule has 1 aliphatic rings. The molecule has 112 valence electrons. The second kappa shape index (κ2) is 5.34. The molecule has 0 radical (unpaired) electrons. The second-order valence-electron chi connectivity index (χ2n) is 4.81. The molecule has 1 aliphatic heterocycles. The number of aryl methyl sites for hydroxylation is 1. The van der Waals surface area contributed by atoms with Gasteiger partial charge in [0.25, 0.3) is 15.0 Å². The third kappa shape index (κ3) is 2.68. The summed E-state index contributed by atoms with van der Waals surface area (Å²) in [6, 6.07) is -0.106. The van der Waals surface area contributed by atoms with Gasteiger partial charge in [-0.1, -0.05) is 0 Å².